The van der Waals surface area contributed by atoms with Crippen molar-refractivity contribution in [2.45, 2.75) is 65.2 Å². The molecule has 0 unspecified atom stereocenters. The molecule has 0 saturated heterocycles. The number of Topliss-reactive ketones (excluding diaryl/α,β-unsaturated/α-hetero) is 1. The summed E-state index contributed by atoms with van der Waals surface area (Å²) in [6.07, 6.45) is 6.12. The Balaban J connectivity index is 1.63. The predicted molar refractivity (Wildman–Crippen MR) is 127 cm³/mol. The lowest BCUT2D eigenvalue weighted by molar-refractivity contribution is -0.140. The van der Waals surface area contributed by atoms with Crippen molar-refractivity contribution in [2.75, 3.05) is 13.7 Å². The molecule has 0 aromatic heterocycles. The molecule has 0 radical (unpaired) electrons. The van der Waals surface area contributed by atoms with Crippen molar-refractivity contribution in [1.82, 2.24) is 0 Å². The molecule has 2 aromatic rings. The second-order valence-electron chi connectivity index (χ2n) is 9.19. The van der Waals surface area contributed by atoms with Crippen LogP contribution in [0.4, 0.5) is 0 Å². The fourth-order valence-electron chi connectivity index (χ4n) is 5.24. The van der Waals surface area contributed by atoms with Crippen molar-refractivity contribution in [3.8, 4) is 0 Å². The van der Waals surface area contributed by atoms with Crippen LogP contribution in [0.5, 0.6) is 0 Å². The van der Waals surface area contributed by atoms with E-state index in [1.165, 1.54) is 34.9 Å². The Hall–Kier alpha value is -2.46. The summed E-state index contributed by atoms with van der Waals surface area (Å²) in [5.74, 6) is 0.717. The van der Waals surface area contributed by atoms with Gasteiger partial charge in [-0.05, 0) is 91.7 Å². The van der Waals surface area contributed by atoms with Gasteiger partial charge < -0.3 is 9.84 Å². The molecule has 1 N–H and O–H groups in total. The van der Waals surface area contributed by atoms with Gasteiger partial charge in [-0.1, -0.05) is 36.4 Å². The number of hydrogen-bond acceptors (Lipinski definition) is 4. The van der Waals surface area contributed by atoms with Gasteiger partial charge in [0.2, 0.25) is 0 Å². The van der Waals surface area contributed by atoms with E-state index in [2.05, 4.69) is 44.2 Å². The maximum absolute atomic E-state index is 12.7. The van der Waals surface area contributed by atoms with Gasteiger partial charge in [-0.2, -0.15) is 0 Å². The minimum absolute atomic E-state index is 0.117. The number of ketones is 1. The number of esters is 1. The van der Waals surface area contributed by atoms with Gasteiger partial charge in [-0.25, -0.2) is 0 Å². The molecule has 0 bridgehead atoms. The van der Waals surface area contributed by atoms with E-state index in [0.29, 0.717) is 37.4 Å². The largest absolute Gasteiger partial charge is 0.469 e. The normalized spacial score (nSPS) is 18.2. The van der Waals surface area contributed by atoms with Crippen molar-refractivity contribution >= 4 is 11.8 Å². The molecule has 32 heavy (non-hydrogen) atoms. The Morgan fingerprint density at radius 3 is 2.44 bits per heavy atom. The zero-order valence-electron chi connectivity index (χ0n) is 19.7. The van der Waals surface area contributed by atoms with Crippen molar-refractivity contribution in [3.63, 3.8) is 0 Å². The van der Waals surface area contributed by atoms with Crippen LogP contribution in [-0.2, 0) is 40.0 Å². The Bertz CT molecular complexity index is 923. The van der Waals surface area contributed by atoms with Crippen LogP contribution in [0.15, 0.2) is 36.4 Å². The lowest BCUT2D eigenvalue weighted by atomic mass is 9.84. The Morgan fingerprint density at radius 2 is 1.75 bits per heavy atom. The van der Waals surface area contributed by atoms with Gasteiger partial charge in [0.25, 0.3) is 0 Å². The highest BCUT2D eigenvalue weighted by molar-refractivity contribution is 5.83. The van der Waals surface area contributed by atoms with Crippen molar-refractivity contribution in [2.24, 2.45) is 11.8 Å². The fraction of sp³-hybridized carbons (Fsp3) is 0.500. The first-order valence-corrected chi connectivity index (χ1v) is 11.8. The maximum atomic E-state index is 12.7. The molecule has 0 spiro atoms. The zero-order valence-corrected chi connectivity index (χ0v) is 19.7. The predicted octanol–water partition coefficient (Wildman–Crippen LogP) is 4.71. The van der Waals surface area contributed by atoms with E-state index in [1.54, 1.807) is 0 Å². The van der Waals surface area contributed by atoms with Crippen LogP contribution in [0.3, 0.4) is 0 Å². The summed E-state index contributed by atoms with van der Waals surface area (Å²) in [5.41, 5.74) is 7.36. The van der Waals surface area contributed by atoms with E-state index < -0.39 is 0 Å². The Morgan fingerprint density at radius 1 is 1.03 bits per heavy atom. The van der Waals surface area contributed by atoms with Gasteiger partial charge in [0, 0.05) is 25.4 Å². The average molecular weight is 437 g/mol. The molecule has 172 valence electrons. The number of rotatable bonds is 10. The smallest absolute Gasteiger partial charge is 0.305 e. The standard InChI is InChI=1S/C28H36O4/c1-19-15-23(16-20(2)25(19)13-14-29)7-10-26-24(9-11-27(26)30)18-22-6-4-5-21(17-22)8-12-28(31)32-3/h4-6,15-17,24,26,29H,7-14,18H2,1-3H3/t24-,26-/m1/s1. The molecule has 1 aliphatic carbocycles. The van der Waals surface area contributed by atoms with E-state index in [0.717, 1.165) is 31.2 Å². The second kappa shape index (κ2) is 11.4. The van der Waals surface area contributed by atoms with Crippen LogP contribution in [0.25, 0.3) is 0 Å². The number of hydrogen-bond donors (Lipinski definition) is 1. The van der Waals surface area contributed by atoms with Gasteiger partial charge in [0.05, 0.1) is 7.11 Å². The van der Waals surface area contributed by atoms with Gasteiger partial charge >= 0.3 is 5.97 Å². The van der Waals surface area contributed by atoms with E-state index in [4.69, 9.17) is 4.74 Å². The van der Waals surface area contributed by atoms with Gasteiger partial charge in [-0.15, -0.1) is 0 Å². The molecule has 0 heterocycles. The third-order valence-corrected chi connectivity index (χ3v) is 6.94. The third-order valence-electron chi connectivity index (χ3n) is 6.94. The quantitative estimate of drug-likeness (QED) is 0.548. The topological polar surface area (TPSA) is 63.6 Å². The summed E-state index contributed by atoms with van der Waals surface area (Å²) < 4.78 is 4.74. The summed E-state index contributed by atoms with van der Waals surface area (Å²) in [4.78, 5) is 24.1. The van der Waals surface area contributed by atoms with Crippen molar-refractivity contribution in [3.05, 3.63) is 69.8 Å². The number of benzene rings is 2. The first-order chi connectivity index (χ1) is 15.4. The summed E-state index contributed by atoms with van der Waals surface area (Å²) >= 11 is 0. The number of methoxy groups -OCH3 is 1. The van der Waals surface area contributed by atoms with Gasteiger partial charge in [0.1, 0.15) is 5.78 Å². The van der Waals surface area contributed by atoms with Gasteiger partial charge in [0.15, 0.2) is 0 Å². The van der Waals surface area contributed by atoms with Crippen LogP contribution >= 0.6 is 0 Å². The average Bonchev–Trinajstić information content (AvgIpc) is 3.12. The molecule has 2 aromatic carbocycles. The number of aryl methyl sites for hydroxylation is 4. The molecular formula is C28H36O4. The number of ether oxygens (including phenoxy) is 1. The van der Waals surface area contributed by atoms with E-state index in [1.807, 2.05) is 6.07 Å². The molecular weight excluding hydrogens is 400 g/mol. The van der Waals surface area contributed by atoms with Gasteiger partial charge in [-0.3, -0.25) is 9.59 Å². The SMILES string of the molecule is COC(=O)CCc1cccc(C[C@H]2CCC(=O)[C@@H]2CCc2cc(C)c(CCO)c(C)c2)c1. The molecule has 1 fully saturated rings. The maximum Gasteiger partial charge on any atom is 0.305 e. The minimum Gasteiger partial charge on any atom is -0.469 e. The molecule has 1 aliphatic rings. The van der Waals surface area contributed by atoms with E-state index in [9.17, 15) is 14.7 Å². The van der Waals surface area contributed by atoms with Crippen LogP contribution in [0, 0.1) is 25.7 Å². The van der Waals surface area contributed by atoms with Crippen LogP contribution in [0.2, 0.25) is 0 Å². The summed E-state index contributed by atoms with van der Waals surface area (Å²) in [6, 6.07) is 12.8. The molecule has 1 saturated carbocycles. The zero-order chi connectivity index (χ0) is 23.1. The molecule has 2 atom stereocenters. The summed E-state index contributed by atoms with van der Waals surface area (Å²) in [7, 11) is 1.42. The third kappa shape index (κ3) is 6.29. The second-order valence-corrected chi connectivity index (χ2v) is 9.19. The lowest BCUT2D eigenvalue weighted by Crippen LogP contribution is -2.18. The molecule has 4 heteroatoms. The Kier molecular flexibility index (Phi) is 8.63. The van der Waals surface area contributed by atoms with E-state index >= 15 is 0 Å². The fourth-order valence-corrected chi connectivity index (χ4v) is 5.24. The minimum atomic E-state index is -0.188. The first kappa shape index (κ1) is 24.2. The monoisotopic (exact) mass is 436 g/mol. The molecule has 4 nitrogen and oxygen atoms in total. The highest BCUT2D eigenvalue weighted by Gasteiger charge is 2.34. The number of carbonyl (C=O) groups is 2. The Labute approximate surface area is 192 Å². The number of aliphatic hydroxyl groups excluding tert-OH is 1. The first-order valence-electron chi connectivity index (χ1n) is 11.8. The van der Waals surface area contributed by atoms with Crippen molar-refractivity contribution < 1.29 is 19.4 Å². The highest BCUT2D eigenvalue weighted by Crippen LogP contribution is 2.35. The highest BCUT2D eigenvalue weighted by atomic mass is 16.5. The van der Waals surface area contributed by atoms with E-state index in [-0.39, 0.29) is 18.5 Å². The molecule has 3 rings (SSSR count). The molecule has 0 amide bonds. The molecule has 0 aliphatic heterocycles. The van der Waals surface area contributed by atoms with Crippen molar-refractivity contribution in [1.29, 1.82) is 0 Å². The number of aliphatic hydroxyl groups is 1. The lowest BCUT2D eigenvalue weighted by Gasteiger charge is -2.20. The summed E-state index contributed by atoms with van der Waals surface area (Å²) in [6.45, 7) is 4.39. The van der Waals surface area contributed by atoms with Crippen LogP contribution < -0.4 is 0 Å². The van der Waals surface area contributed by atoms with Crippen LogP contribution in [0.1, 0.15) is 59.1 Å². The summed E-state index contributed by atoms with van der Waals surface area (Å²) in [5, 5.41) is 9.29. The van der Waals surface area contributed by atoms with Crippen LogP contribution in [-0.4, -0.2) is 30.6 Å². The number of carbonyl (C=O) groups excluding carboxylic acids is 2.